The summed E-state index contributed by atoms with van der Waals surface area (Å²) in [6, 6.07) is 0. The molecule has 0 unspecified atom stereocenters. The molecule has 4 nitrogen and oxygen atoms in total. The predicted octanol–water partition coefficient (Wildman–Crippen LogP) is 0.0573. The zero-order valence-corrected chi connectivity index (χ0v) is 10.4. The Hall–Kier alpha value is -1.05. The van der Waals surface area contributed by atoms with Gasteiger partial charge < -0.3 is 10.2 Å². The highest BCUT2D eigenvalue weighted by Crippen LogP contribution is 1.88. The molecule has 0 heterocycles. The van der Waals surface area contributed by atoms with Crippen LogP contribution in [0.4, 0.5) is 0 Å². The molecule has 0 rings (SSSR count). The van der Waals surface area contributed by atoms with E-state index < -0.39 is 0 Å². The topological polar surface area (TPSA) is 44.4 Å². The highest BCUT2D eigenvalue weighted by molar-refractivity contribution is 5.77. The molecule has 0 aromatic rings. The smallest absolute Gasteiger partial charge is 0.234 e. The average molecular weight is 225 g/mol. The van der Waals surface area contributed by atoms with Crippen molar-refractivity contribution in [2.24, 2.45) is 0 Å². The van der Waals surface area contributed by atoms with Crippen LogP contribution in [0.5, 0.6) is 0 Å². The molecule has 0 radical (unpaired) electrons. The van der Waals surface area contributed by atoms with Gasteiger partial charge in [0.25, 0.3) is 0 Å². The predicted molar refractivity (Wildman–Crippen MR) is 67.1 cm³/mol. The summed E-state index contributed by atoms with van der Waals surface area (Å²) in [6.45, 7) is 8.74. The Labute approximate surface area is 98.8 Å². The van der Waals surface area contributed by atoms with Crippen LogP contribution in [0, 0.1) is 12.3 Å². The minimum Gasteiger partial charge on any atom is -0.354 e. The zero-order valence-electron chi connectivity index (χ0n) is 10.4. The molecule has 1 amide bonds. The molecule has 0 spiro atoms. The normalized spacial score (nSPS) is 10.1. The van der Waals surface area contributed by atoms with Gasteiger partial charge in [0.15, 0.2) is 0 Å². The fourth-order valence-electron chi connectivity index (χ4n) is 1.41. The number of likely N-dealkylation sites (N-methyl/N-ethyl adjacent to an activating group) is 1. The fourth-order valence-corrected chi connectivity index (χ4v) is 1.41. The molecule has 0 aliphatic rings. The first-order valence-corrected chi connectivity index (χ1v) is 5.87. The Kier molecular flexibility index (Phi) is 9.78. The van der Waals surface area contributed by atoms with Crippen LogP contribution in [0.3, 0.4) is 0 Å². The molecule has 0 bridgehead atoms. The van der Waals surface area contributed by atoms with E-state index in [1.165, 1.54) is 0 Å². The van der Waals surface area contributed by atoms with E-state index in [0.717, 1.165) is 26.1 Å². The molecule has 92 valence electrons. The largest absolute Gasteiger partial charge is 0.354 e. The second kappa shape index (κ2) is 10.5. The molecule has 16 heavy (non-hydrogen) atoms. The van der Waals surface area contributed by atoms with Gasteiger partial charge >= 0.3 is 0 Å². The van der Waals surface area contributed by atoms with Gasteiger partial charge in [-0.15, -0.1) is 6.42 Å². The summed E-state index contributed by atoms with van der Waals surface area (Å²) in [5.41, 5.74) is 0. The number of rotatable bonds is 9. The van der Waals surface area contributed by atoms with Crippen molar-refractivity contribution in [2.75, 3.05) is 39.3 Å². The monoisotopic (exact) mass is 225 g/mol. The Morgan fingerprint density at radius 3 is 2.69 bits per heavy atom. The maximum atomic E-state index is 11.3. The number of carbonyl (C=O) groups is 1. The Morgan fingerprint density at radius 1 is 1.38 bits per heavy atom. The second-order valence-electron chi connectivity index (χ2n) is 3.59. The zero-order chi connectivity index (χ0) is 12.2. The molecule has 4 heteroatoms. The summed E-state index contributed by atoms with van der Waals surface area (Å²) in [4.78, 5) is 13.6. The van der Waals surface area contributed by atoms with E-state index in [2.05, 4.69) is 35.3 Å². The summed E-state index contributed by atoms with van der Waals surface area (Å²) in [6.07, 6.45) is 6.20. The van der Waals surface area contributed by atoms with Crippen molar-refractivity contribution in [2.45, 2.75) is 20.3 Å². The van der Waals surface area contributed by atoms with Crippen LogP contribution in [0.25, 0.3) is 0 Å². The van der Waals surface area contributed by atoms with Gasteiger partial charge in [-0.25, -0.2) is 0 Å². The standard InChI is InChI=1S/C12H23N3O/c1-4-7-13-11-12(16)14-8-10-15(6-3)9-5-2/h1,13H,5-11H2,2-3H3,(H,14,16). The van der Waals surface area contributed by atoms with Gasteiger partial charge in [0, 0.05) is 13.1 Å². The molecule has 0 aromatic carbocycles. The third-order valence-corrected chi connectivity index (χ3v) is 2.25. The van der Waals surface area contributed by atoms with Gasteiger partial charge in [-0.1, -0.05) is 19.8 Å². The van der Waals surface area contributed by atoms with Crippen molar-refractivity contribution in [3.8, 4) is 12.3 Å². The highest BCUT2D eigenvalue weighted by atomic mass is 16.1. The van der Waals surface area contributed by atoms with E-state index in [-0.39, 0.29) is 5.91 Å². The van der Waals surface area contributed by atoms with E-state index in [4.69, 9.17) is 6.42 Å². The number of carbonyl (C=O) groups excluding carboxylic acids is 1. The van der Waals surface area contributed by atoms with E-state index in [1.807, 2.05) is 0 Å². The average Bonchev–Trinajstić information content (AvgIpc) is 2.28. The van der Waals surface area contributed by atoms with Crippen LogP contribution < -0.4 is 10.6 Å². The molecule has 0 fully saturated rings. The van der Waals surface area contributed by atoms with Gasteiger partial charge in [0.1, 0.15) is 0 Å². The number of terminal acetylenes is 1. The van der Waals surface area contributed by atoms with Gasteiger partial charge in [0.05, 0.1) is 13.1 Å². The number of nitrogens with one attached hydrogen (secondary N) is 2. The lowest BCUT2D eigenvalue weighted by Crippen LogP contribution is -2.39. The SMILES string of the molecule is C#CCNCC(=O)NCCN(CC)CCC. The molecule has 2 N–H and O–H groups in total. The first-order valence-electron chi connectivity index (χ1n) is 5.87. The summed E-state index contributed by atoms with van der Waals surface area (Å²) < 4.78 is 0. The van der Waals surface area contributed by atoms with Crippen LogP contribution in [0.15, 0.2) is 0 Å². The number of hydrogen-bond donors (Lipinski definition) is 2. The summed E-state index contributed by atoms with van der Waals surface area (Å²) in [5, 5.41) is 5.70. The molecule has 0 atom stereocenters. The Balaban J connectivity index is 3.49. The van der Waals surface area contributed by atoms with Crippen molar-refractivity contribution in [3.05, 3.63) is 0 Å². The highest BCUT2D eigenvalue weighted by Gasteiger charge is 2.02. The maximum Gasteiger partial charge on any atom is 0.234 e. The summed E-state index contributed by atoms with van der Waals surface area (Å²) in [5.74, 6) is 2.43. The lowest BCUT2D eigenvalue weighted by Gasteiger charge is -2.19. The second-order valence-corrected chi connectivity index (χ2v) is 3.59. The maximum absolute atomic E-state index is 11.3. The van der Waals surface area contributed by atoms with E-state index in [0.29, 0.717) is 19.6 Å². The lowest BCUT2D eigenvalue weighted by atomic mass is 10.4. The van der Waals surface area contributed by atoms with E-state index in [9.17, 15) is 4.79 Å². The molecular weight excluding hydrogens is 202 g/mol. The van der Waals surface area contributed by atoms with E-state index in [1.54, 1.807) is 0 Å². The first kappa shape index (κ1) is 14.9. The van der Waals surface area contributed by atoms with Crippen LogP contribution in [-0.4, -0.2) is 50.1 Å². The molecule has 0 saturated heterocycles. The van der Waals surface area contributed by atoms with Crippen LogP contribution in [0.1, 0.15) is 20.3 Å². The number of nitrogens with zero attached hydrogens (tertiary/aromatic N) is 1. The summed E-state index contributed by atoms with van der Waals surface area (Å²) >= 11 is 0. The Bertz CT molecular complexity index is 223. The fraction of sp³-hybridized carbons (Fsp3) is 0.750. The minimum atomic E-state index is 0.00259. The molecular formula is C12H23N3O. The summed E-state index contributed by atoms with van der Waals surface area (Å²) in [7, 11) is 0. The molecule has 0 saturated carbocycles. The third-order valence-electron chi connectivity index (χ3n) is 2.25. The van der Waals surface area contributed by atoms with Crippen molar-refractivity contribution in [1.82, 2.24) is 15.5 Å². The first-order chi connectivity index (χ1) is 7.74. The van der Waals surface area contributed by atoms with Crippen LogP contribution >= 0.6 is 0 Å². The van der Waals surface area contributed by atoms with Crippen molar-refractivity contribution in [1.29, 1.82) is 0 Å². The van der Waals surface area contributed by atoms with E-state index >= 15 is 0 Å². The molecule has 0 aromatic heterocycles. The van der Waals surface area contributed by atoms with Crippen molar-refractivity contribution < 1.29 is 4.79 Å². The van der Waals surface area contributed by atoms with Gasteiger partial charge in [-0.05, 0) is 19.5 Å². The Morgan fingerprint density at radius 2 is 2.12 bits per heavy atom. The number of hydrogen-bond acceptors (Lipinski definition) is 3. The minimum absolute atomic E-state index is 0.00259. The molecule has 0 aliphatic carbocycles. The molecule has 0 aliphatic heterocycles. The van der Waals surface area contributed by atoms with Gasteiger partial charge in [-0.2, -0.15) is 0 Å². The van der Waals surface area contributed by atoms with Gasteiger partial charge in [0.2, 0.25) is 5.91 Å². The van der Waals surface area contributed by atoms with Crippen LogP contribution in [0.2, 0.25) is 0 Å². The lowest BCUT2D eigenvalue weighted by molar-refractivity contribution is -0.120. The van der Waals surface area contributed by atoms with Crippen molar-refractivity contribution in [3.63, 3.8) is 0 Å². The quantitative estimate of drug-likeness (QED) is 0.431. The number of amides is 1. The van der Waals surface area contributed by atoms with Crippen molar-refractivity contribution >= 4 is 5.91 Å². The van der Waals surface area contributed by atoms with Crippen LogP contribution in [-0.2, 0) is 4.79 Å². The van der Waals surface area contributed by atoms with Gasteiger partial charge in [-0.3, -0.25) is 10.1 Å². The third kappa shape index (κ3) is 8.27.